The van der Waals surface area contributed by atoms with E-state index in [1.807, 2.05) is 49.4 Å². The van der Waals surface area contributed by atoms with E-state index in [9.17, 15) is 14.7 Å². The number of nitrogens with one attached hydrogen (secondary N) is 1. The Bertz CT molecular complexity index is 987. The van der Waals surface area contributed by atoms with Crippen molar-refractivity contribution in [3.8, 4) is 10.6 Å². The Hall–Kier alpha value is -2.70. The summed E-state index contributed by atoms with van der Waals surface area (Å²) in [5, 5.41) is 14.9. The van der Waals surface area contributed by atoms with Gasteiger partial charge in [0.05, 0.1) is 17.5 Å². The van der Waals surface area contributed by atoms with Crippen LogP contribution in [0.3, 0.4) is 0 Å². The van der Waals surface area contributed by atoms with E-state index in [2.05, 4.69) is 10.3 Å². The molecule has 0 saturated heterocycles. The minimum absolute atomic E-state index is 0.210. The number of thiazole rings is 1. The van der Waals surface area contributed by atoms with Gasteiger partial charge in [-0.1, -0.05) is 54.1 Å². The monoisotopic (exact) mass is 400 g/mol. The van der Waals surface area contributed by atoms with Crippen LogP contribution in [0.2, 0.25) is 5.02 Å². The average Bonchev–Trinajstić information content (AvgIpc) is 3.11. The summed E-state index contributed by atoms with van der Waals surface area (Å²) in [4.78, 5) is 28.3. The zero-order chi connectivity index (χ0) is 19.4. The van der Waals surface area contributed by atoms with Gasteiger partial charge in [-0.2, -0.15) is 0 Å². The lowest BCUT2D eigenvalue weighted by molar-refractivity contribution is -0.137. The van der Waals surface area contributed by atoms with Crippen LogP contribution in [0, 0.1) is 6.92 Å². The minimum atomic E-state index is -0.987. The highest BCUT2D eigenvalue weighted by Crippen LogP contribution is 2.30. The van der Waals surface area contributed by atoms with Crippen LogP contribution in [0.1, 0.15) is 34.1 Å². The maximum atomic E-state index is 12.7. The number of carboxylic acids is 1. The number of aromatic nitrogens is 1. The molecule has 0 aliphatic carbocycles. The lowest BCUT2D eigenvalue weighted by Crippen LogP contribution is -2.30. The van der Waals surface area contributed by atoms with Crippen LogP contribution in [0.25, 0.3) is 10.6 Å². The first-order valence-electron chi connectivity index (χ1n) is 8.24. The molecule has 1 aromatic heterocycles. The number of carbonyl (C=O) groups is 2. The molecule has 1 unspecified atom stereocenters. The van der Waals surface area contributed by atoms with Crippen LogP contribution < -0.4 is 5.32 Å². The first kappa shape index (κ1) is 19.1. The standard InChI is InChI=1S/C20H17ClN2O3S/c1-12-6-2-3-7-13(12)16(10-18(24)25)22-19(26)17-11-27-20(23-17)14-8-4-5-9-15(14)21/h2-9,11,16H,10H2,1H3,(H,22,26)(H,24,25). The maximum absolute atomic E-state index is 12.7. The molecule has 3 rings (SSSR count). The molecule has 138 valence electrons. The van der Waals surface area contributed by atoms with Gasteiger partial charge in [0.2, 0.25) is 0 Å². The Morgan fingerprint density at radius 1 is 1.19 bits per heavy atom. The van der Waals surface area contributed by atoms with Crippen molar-refractivity contribution in [2.24, 2.45) is 0 Å². The first-order chi connectivity index (χ1) is 13.0. The topological polar surface area (TPSA) is 79.3 Å². The molecule has 1 heterocycles. The Morgan fingerprint density at radius 2 is 1.89 bits per heavy atom. The molecule has 27 heavy (non-hydrogen) atoms. The summed E-state index contributed by atoms with van der Waals surface area (Å²) in [5.74, 6) is -1.40. The van der Waals surface area contributed by atoms with E-state index < -0.39 is 17.9 Å². The molecular formula is C20H17ClN2O3S. The molecule has 0 aliphatic rings. The molecule has 2 aromatic carbocycles. The number of halogens is 1. The lowest BCUT2D eigenvalue weighted by atomic mass is 9.98. The second-order valence-corrected chi connectivity index (χ2v) is 7.26. The number of rotatable bonds is 6. The van der Waals surface area contributed by atoms with Gasteiger partial charge >= 0.3 is 5.97 Å². The van der Waals surface area contributed by atoms with Crippen molar-refractivity contribution in [3.05, 3.63) is 75.8 Å². The fourth-order valence-corrected chi connectivity index (χ4v) is 3.88. The van der Waals surface area contributed by atoms with Crippen LogP contribution in [0.15, 0.2) is 53.9 Å². The molecule has 3 aromatic rings. The maximum Gasteiger partial charge on any atom is 0.305 e. The van der Waals surface area contributed by atoms with Crippen molar-refractivity contribution in [2.75, 3.05) is 0 Å². The largest absolute Gasteiger partial charge is 0.481 e. The van der Waals surface area contributed by atoms with Crippen LogP contribution >= 0.6 is 22.9 Å². The van der Waals surface area contributed by atoms with Gasteiger partial charge in [-0.15, -0.1) is 11.3 Å². The van der Waals surface area contributed by atoms with Crippen molar-refractivity contribution >= 4 is 34.8 Å². The number of aryl methyl sites for hydroxylation is 1. The van der Waals surface area contributed by atoms with Gasteiger partial charge in [0.1, 0.15) is 10.7 Å². The smallest absolute Gasteiger partial charge is 0.305 e. The molecule has 1 amide bonds. The van der Waals surface area contributed by atoms with E-state index >= 15 is 0 Å². The summed E-state index contributed by atoms with van der Waals surface area (Å²) >= 11 is 7.50. The highest BCUT2D eigenvalue weighted by Gasteiger charge is 2.22. The third-order valence-corrected chi connectivity index (χ3v) is 5.29. The van der Waals surface area contributed by atoms with Gasteiger partial charge in [0.15, 0.2) is 0 Å². The van der Waals surface area contributed by atoms with Gasteiger partial charge in [0.25, 0.3) is 5.91 Å². The predicted octanol–water partition coefficient (Wildman–Crippen LogP) is 4.72. The van der Waals surface area contributed by atoms with Crippen molar-refractivity contribution in [3.63, 3.8) is 0 Å². The van der Waals surface area contributed by atoms with Gasteiger partial charge in [-0.25, -0.2) is 4.98 Å². The number of carbonyl (C=O) groups excluding carboxylic acids is 1. The second-order valence-electron chi connectivity index (χ2n) is 6.00. The number of nitrogens with zero attached hydrogens (tertiary/aromatic N) is 1. The van der Waals surface area contributed by atoms with E-state index in [0.717, 1.165) is 16.7 Å². The number of carboxylic acid groups (broad SMARTS) is 1. The van der Waals surface area contributed by atoms with Crippen molar-refractivity contribution < 1.29 is 14.7 Å². The van der Waals surface area contributed by atoms with E-state index in [1.54, 1.807) is 11.4 Å². The van der Waals surface area contributed by atoms with Gasteiger partial charge in [0, 0.05) is 10.9 Å². The highest BCUT2D eigenvalue weighted by atomic mass is 35.5. The number of benzene rings is 2. The van der Waals surface area contributed by atoms with E-state index in [4.69, 9.17) is 11.6 Å². The van der Waals surface area contributed by atoms with Crippen molar-refractivity contribution in [1.82, 2.24) is 10.3 Å². The zero-order valence-corrected chi connectivity index (χ0v) is 16.1. The summed E-state index contributed by atoms with van der Waals surface area (Å²) in [7, 11) is 0. The van der Waals surface area contributed by atoms with E-state index in [-0.39, 0.29) is 12.1 Å². The van der Waals surface area contributed by atoms with E-state index in [1.165, 1.54) is 11.3 Å². The summed E-state index contributed by atoms with van der Waals surface area (Å²) in [6.45, 7) is 1.88. The average molecular weight is 401 g/mol. The molecule has 0 aliphatic heterocycles. The number of amides is 1. The molecule has 7 heteroatoms. The van der Waals surface area contributed by atoms with Crippen LogP contribution in [-0.2, 0) is 4.79 Å². The van der Waals surface area contributed by atoms with Crippen LogP contribution in [0.5, 0.6) is 0 Å². The van der Waals surface area contributed by atoms with Crippen molar-refractivity contribution in [2.45, 2.75) is 19.4 Å². The first-order valence-corrected chi connectivity index (χ1v) is 9.50. The van der Waals surface area contributed by atoms with Crippen molar-refractivity contribution in [1.29, 1.82) is 0 Å². The van der Waals surface area contributed by atoms with Gasteiger partial charge < -0.3 is 10.4 Å². The Labute approximate surface area is 165 Å². The molecular weight excluding hydrogens is 384 g/mol. The number of hydrogen-bond acceptors (Lipinski definition) is 4. The molecule has 0 radical (unpaired) electrons. The van der Waals surface area contributed by atoms with Gasteiger partial charge in [-0.3, -0.25) is 9.59 Å². The molecule has 5 nitrogen and oxygen atoms in total. The summed E-state index contributed by atoms with van der Waals surface area (Å²) in [5.41, 5.74) is 2.68. The zero-order valence-electron chi connectivity index (χ0n) is 14.5. The molecule has 1 atom stereocenters. The molecule has 0 saturated carbocycles. The molecule has 0 bridgehead atoms. The fraction of sp³-hybridized carbons (Fsp3) is 0.150. The SMILES string of the molecule is Cc1ccccc1C(CC(=O)O)NC(=O)c1csc(-c2ccccc2Cl)n1. The third kappa shape index (κ3) is 4.53. The Balaban J connectivity index is 1.83. The minimum Gasteiger partial charge on any atom is -0.481 e. The summed E-state index contributed by atoms with van der Waals surface area (Å²) in [6.07, 6.45) is -0.210. The molecule has 0 spiro atoms. The quantitative estimate of drug-likeness (QED) is 0.627. The molecule has 2 N–H and O–H groups in total. The summed E-state index contributed by atoms with van der Waals surface area (Å²) < 4.78 is 0. The lowest BCUT2D eigenvalue weighted by Gasteiger charge is -2.18. The summed E-state index contributed by atoms with van der Waals surface area (Å²) in [6, 6.07) is 14.0. The Kier molecular flexibility index (Phi) is 5.88. The fourth-order valence-electron chi connectivity index (χ4n) is 2.76. The van der Waals surface area contributed by atoms with E-state index in [0.29, 0.717) is 10.0 Å². The Morgan fingerprint density at radius 3 is 2.59 bits per heavy atom. The van der Waals surface area contributed by atoms with Crippen LogP contribution in [0.4, 0.5) is 0 Å². The predicted molar refractivity (Wildman–Crippen MR) is 106 cm³/mol. The number of aliphatic carboxylic acids is 1. The number of hydrogen-bond donors (Lipinski definition) is 2. The second kappa shape index (κ2) is 8.33. The normalized spacial score (nSPS) is 11.8. The van der Waals surface area contributed by atoms with Crippen LogP contribution in [-0.4, -0.2) is 22.0 Å². The third-order valence-electron chi connectivity index (χ3n) is 4.09. The molecule has 0 fully saturated rings. The highest BCUT2D eigenvalue weighted by molar-refractivity contribution is 7.13. The van der Waals surface area contributed by atoms with Gasteiger partial charge in [-0.05, 0) is 24.1 Å².